The summed E-state index contributed by atoms with van der Waals surface area (Å²) in [6.45, 7) is 0.312. The molecular formula is C11H10ClNO2. The molecule has 0 N–H and O–H groups in total. The number of rotatable bonds is 4. The van der Waals surface area contributed by atoms with E-state index in [1.807, 2.05) is 12.1 Å². The molecular weight excluding hydrogens is 214 g/mol. The number of benzene rings is 1. The maximum atomic E-state index is 9.93. The minimum Gasteiger partial charge on any atom is -0.489 e. The number of isocyanates is 1. The molecule has 1 aromatic rings. The summed E-state index contributed by atoms with van der Waals surface area (Å²) in [5.41, 5.74) is 0.881. The molecule has 0 saturated heterocycles. The topological polar surface area (TPSA) is 38.7 Å². The molecule has 0 radical (unpaired) electrons. The molecule has 1 aliphatic rings. The molecule has 0 aliphatic heterocycles. The van der Waals surface area contributed by atoms with Crippen molar-refractivity contribution in [3.05, 3.63) is 28.8 Å². The Kier molecular flexibility index (Phi) is 3.05. The third-order valence-corrected chi connectivity index (χ3v) is 2.44. The highest BCUT2D eigenvalue weighted by Crippen LogP contribution is 2.32. The van der Waals surface area contributed by atoms with Gasteiger partial charge in [-0.2, -0.15) is 0 Å². The van der Waals surface area contributed by atoms with Gasteiger partial charge in [0.1, 0.15) is 5.75 Å². The molecule has 0 atom stereocenters. The van der Waals surface area contributed by atoms with E-state index in [0.717, 1.165) is 18.4 Å². The summed E-state index contributed by atoms with van der Waals surface area (Å²) in [4.78, 5) is 13.4. The number of carbonyl (C=O) groups excluding carboxylic acids is 1. The number of ether oxygens (including phenoxy) is 1. The zero-order valence-electron chi connectivity index (χ0n) is 8.07. The van der Waals surface area contributed by atoms with Gasteiger partial charge in [0.25, 0.3) is 0 Å². The van der Waals surface area contributed by atoms with Gasteiger partial charge in [0.2, 0.25) is 6.08 Å². The largest absolute Gasteiger partial charge is 0.489 e. The second-order valence-electron chi connectivity index (χ2n) is 3.49. The lowest BCUT2D eigenvalue weighted by molar-refractivity contribution is 0.303. The summed E-state index contributed by atoms with van der Waals surface area (Å²) in [7, 11) is 0. The third kappa shape index (κ3) is 2.82. The molecule has 4 heteroatoms. The zero-order chi connectivity index (χ0) is 10.7. The fourth-order valence-electron chi connectivity index (χ4n) is 1.23. The summed E-state index contributed by atoms with van der Waals surface area (Å²) in [6.07, 6.45) is 4.04. The number of nitrogens with zero attached hydrogens (tertiary/aromatic N) is 1. The van der Waals surface area contributed by atoms with Crippen molar-refractivity contribution in [2.24, 2.45) is 4.99 Å². The van der Waals surface area contributed by atoms with Crippen LogP contribution in [0.5, 0.6) is 5.75 Å². The average molecular weight is 224 g/mol. The predicted octanol–water partition coefficient (Wildman–Crippen LogP) is 2.72. The van der Waals surface area contributed by atoms with Gasteiger partial charge in [-0.25, -0.2) is 9.79 Å². The third-order valence-electron chi connectivity index (χ3n) is 2.14. The van der Waals surface area contributed by atoms with Crippen molar-refractivity contribution >= 4 is 17.7 Å². The van der Waals surface area contributed by atoms with Crippen LogP contribution in [0.15, 0.2) is 23.2 Å². The Morgan fingerprint density at radius 1 is 1.53 bits per heavy atom. The summed E-state index contributed by atoms with van der Waals surface area (Å²) in [5.74, 6) is 0.706. The molecule has 0 unspecified atom stereocenters. The standard InChI is InChI=1S/C11H10ClNO2/c12-10-5-8(6-13-7-14)1-4-11(10)15-9-2-3-9/h1,4-5,9H,2-3,6H2. The fraction of sp³-hybridized carbons (Fsp3) is 0.364. The normalized spacial score (nSPS) is 14.5. The molecule has 0 spiro atoms. The lowest BCUT2D eigenvalue weighted by atomic mass is 10.2. The van der Waals surface area contributed by atoms with Crippen LogP contribution in [0.3, 0.4) is 0 Å². The lowest BCUT2D eigenvalue weighted by Gasteiger charge is -2.07. The van der Waals surface area contributed by atoms with E-state index in [0.29, 0.717) is 23.4 Å². The maximum Gasteiger partial charge on any atom is 0.235 e. The molecule has 78 valence electrons. The van der Waals surface area contributed by atoms with Gasteiger partial charge in [0.05, 0.1) is 17.7 Å². The predicted molar refractivity (Wildman–Crippen MR) is 56.9 cm³/mol. The van der Waals surface area contributed by atoms with E-state index in [2.05, 4.69) is 4.99 Å². The number of hydrogen-bond donors (Lipinski definition) is 0. The molecule has 0 aromatic heterocycles. The van der Waals surface area contributed by atoms with Gasteiger partial charge >= 0.3 is 0 Å². The van der Waals surface area contributed by atoms with E-state index in [9.17, 15) is 4.79 Å². The first kappa shape index (κ1) is 10.2. The molecule has 1 fully saturated rings. The van der Waals surface area contributed by atoms with Gasteiger partial charge in [0.15, 0.2) is 0 Å². The van der Waals surface area contributed by atoms with Gasteiger partial charge in [-0.3, -0.25) is 0 Å². The van der Waals surface area contributed by atoms with Crippen LogP contribution < -0.4 is 4.74 Å². The second-order valence-corrected chi connectivity index (χ2v) is 3.90. The van der Waals surface area contributed by atoms with Crippen LogP contribution in [0.25, 0.3) is 0 Å². The molecule has 2 rings (SSSR count). The van der Waals surface area contributed by atoms with Crippen LogP contribution in [0.1, 0.15) is 18.4 Å². The second kappa shape index (κ2) is 4.47. The average Bonchev–Trinajstić information content (AvgIpc) is 3.02. The molecule has 0 amide bonds. The first-order valence-electron chi connectivity index (χ1n) is 4.78. The Labute approximate surface area is 92.7 Å². The molecule has 15 heavy (non-hydrogen) atoms. The molecule has 1 aliphatic carbocycles. The van der Waals surface area contributed by atoms with E-state index in [1.54, 1.807) is 6.07 Å². The van der Waals surface area contributed by atoms with Gasteiger partial charge in [-0.1, -0.05) is 17.7 Å². The molecule has 0 heterocycles. The zero-order valence-corrected chi connectivity index (χ0v) is 8.83. The van der Waals surface area contributed by atoms with Crippen molar-refractivity contribution in [2.45, 2.75) is 25.5 Å². The minimum absolute atomic E-state index is 0.312. The van der Waals surface area contributed by atoms with Crippen molar-refractivity contribution in [3.8, 4) is 5.75 Å². The Bertz CT molecular complexity index is 409. The number of halogens is 1. The van der Waals surface area contributed by atoms with E-state index in [4.69, 9.17) is 16.3 Å². The quantitative estimate of drug-likeness (QED) is 0.582. The Hall–Kier alpha value is -1.31. The van der Waals surface area contributed by atoms with Crippen LogP contribution in [0.4, 0.5) is 0 Å². The highest BCUT2D eigenvalue weighted by molar-refractivity contribution is 6.32. The van der Waals surface area contributed by atoms with Crippen molar-refractivity contribution in [3.63, 3.8) is 0 Å². The Morgan fingerprint density at radius 3 is 2.93 bits per heavy atom. The smallest absolute Gasteiger partial charge is 0.235 e. The molecule has 0 bridgehead atoms. The van der Waals surface area contributed by atoms with Gasteiger partial charge in [-0.15, -0.1) is 0 Å². The van der Waals surface area contributed by atoms with Crippen molar-refractivity contribution in [1.82, 2.24) is 0 Å². The Balaban J connectivity index is 2.10. The van der Waals surface area contributed by atoms with Gasteiger partial charge in [-0.05, 0) is 30.5 Å². The molecule has 3 nitrogen and oxygen atoms in total. The van der Waals surface area contributed by atoms with Crippen molar-refractivity contribution in [1.29, 1.82) is 0 Å². The maximum absolute atomic E-state index is 9.93. The van der Waals surface area contributed by atoms with E-state index < -0.39 is 0 Å². The summed E-state index contributed by atoms with van der Waals surface area (Å²) < 4.78 is 5.58. The SMILES string of the molecule is O=C=NCc1ccc(OC2CC2)c(Cl)c1. The fourth-order valence-corrected chi connectivity index (χ4v) is 1.47. The monoisotopic (exact) mass is 223 g/mol. The highest BCUT2D eigenvalue weighted by Gasteiger charge is 2.24. The lowest BCUT2D eigenvalue weighted by Crippen LogP contribution is -1.96. The Morgan fingerprint density at radius 2 is 2.33 bits per heavy atom. The van der Waals surface area contributed by atoms with Crippen LogP contribution >= 0.6 is 11.6 Å². The van der Waals surface area contributed by atoms with Crippen molar-refractivity contribution in [2.75, 3.05) is 0 Å². The van der Waals surface area contributed by atoms with Gasteiger partial charge < -0.3 is 4.74 Å². The van der Waals surface area contributed by atoms with E-state index in [1.165, 1.54) is 6.08 Å². The van der Waals surface area contributed by atoms with Crippen LogP contribution in [-0.2, 0) is 11.3 Å². The summed E-state index contributed by atoms with van der Waals surface area (Å²) >= 11 is 6.01. The first-order valence-corrected chi connectivity index (χ1v) is 5.16. The first-order chi connectivity index (χ1) is 7.29. The van der Waals surface area contributed by atoms with Crippen LogP contribution in [0, 0.1) is 0 Å². The van der Waals surface area contributed by atoms with Gasteiger partial charge in [0, 0.05) is 0 Å². The van der Waals surface area contributed by atoms with Crippen molar-refractivity contribution < 1.29 is 9.53 Å². The molecule has 1 saturated carbocycles. The van der Waals surface area contributed by atoms with Crippen LogP contribution in [-0.4, -0.2) is 12.2 Å². The van der Waals surface area contributed by atoms with E-state index in [-0.39, 0.29) is 0 Å². The van der Waals surface area contributed by atoms with E-state index >= 15 is 0 Å². The number of hydrogen-bond acceptors (Lipinski definition) is 3. The number of aliphatic imine (C=N–C) groups is 1. The molecule has 1 aromatic carbocycles. The minimum atomic E-state index is 0.312. The highest BCUT2D eigenvalue weighted by atomic mass is 35.5. The summed E-state index contributed by atoms with van der Waals surface area (Å²) in [5, 5.41) is 0.570. The van der Waals surface area contributed by atoms with Crippen LogP contribution in [0.2, 0.25) is 5.02 Å². The summed E-state index contributed by atoms with van der Waals surface area (Å²) in [6, 6.07) is 5.43.